The molecule has 0 aliphatic carbocycles. The summed E-state index contributed by atoms with van der Waals surface area (Å²) in [4.78, 5) is 0. The van der Waals surface area contributed by atoms with E-state index in [4.69, 9.17) is 10.2 Å². The molecule has 2 unspecified atom stereocenters. The molecule has 328 valence electrons. The Balaban J connectivity index is 0.000000169. The fraction of sp³-hybridized carbons (Fsp3) is 0.0847. The zero-order valence-electron chi connectivity index (χ0n) is 37.1. The van der Waals surface area contributed by atoms with Gasteiger partial charge in [-0.1, -0.05) is 164 Å². The molecule has 0 aliphatic rings. The number of aliphatic hydroxyl groups is 2. The Kier molecular flexibility index (Phi) is 22.4. The van der Waals surface area contributed by atoms with E-state index in [0.29, 0.717) is 6.42 Å². The quantitative estimate of drug-likeness (QED) is 0.100. The van der Waals surface area contributed by atoms with E-state index in [1.165, 1.54) is 47.7 Å². The van der Waals surface area contributed by atoms with Gasteiger partial charge in [-0.2, -0.15) is 0 Å². The first kappa shape index (κ1) is 50.8. The van der Waals surface area contributed by atoms with E-state index in [1.54, 1.807) is 13.8 Å². The van der Waals surface area contributed by atoms with Gasteiger partial charge in [0.1, 0.15) is 47.7 Å². The maximum absolute atomic E-state index is 8.56. The van der Waals surface area contributed by atoms with Gasteiger partial charge < -0.3 is 10.2 Å². The monoisotopic (exact) mass is 995 g/mol. The van der Waals surface area contributed by atoms with Gasteiger partial charge in [-0.25, -0.2) is 0 Å². The normalized spacial score (nSPS) is 11.3. The summed E-state index contributed by atoms with van der Waals surface area (Å²) >= 11 is 0. The molecule has 65 heavy (non-hydrogen) atoms. The summed E-state index contributed by atoms with van der Waals surface area (Å²) in [7, 11) is -2.63. The van der Waals surface area contributed by atoms with Crippen molar-refractivity contribution in [3.63, 3.8) is 0 Å². The Labute approximate surface area is 404 Å². The van der Waals surface area contributed by atoms with E-state index in [9.17, 15) is 0 Å². The predicted molar refractivity (Wildman–Crippen MR) is 288 cm³/mol. The van der Waals surface area contributed by atoms with E-state index in [0.717, 1.165) is 0 Å². The van der Waals surface area contributed by atoms with Crippen LogP contribution < -0.4 is 47.7 Å². The molecule has 0 fully saturated rings. The fourth-order valence-corrected chi connectivity index (χ4v) is 15.2. The van der Waals surface area contributed by atoms with E-state index < -0.39 is 23.8 Å². The molecule has 0 heterocycles. The van der Waals surface area contributed by atoms with Crippen LogP contribution in [0.5, 0.6) is 0 Å². The second-order valence-electron chi connectivity index (χ2n) is 15.4. The maximum Gasteiger partial charge on any atom is 0.102 e. The summed E-state index contributed by atoms with van der Waals surface area (Å²) in [6.45, 7) is 3.32. The van der Waals surface area contributed by atoms with Gasteiger partial charge in [0.2, 0.25) is 0 Å². The minimum absolute atomic E-state index is 0. The third-order valence-corrected chi connectivity index (χ3v) is 18.4. The van der Waals surface area contributed by atoms with Crippen molar-refractivity contribution in [1.29, 1.82) is 0 Å². The van der Waals surface area contributed by atoms with Gasteiger partial charge in [-0.3, -0.25) is 0 Å². The van der Waals surface area contributed by atoms with E-state index in [2.05, 4.69) is 273 Å². The van der Waals surface area contributed by atoms with E-state index in [1.807, 2.05) is 0 Å². The van der Waals surface area contributed by atoms with Crippen LogP contribution in [0.15, 0.2) is 273 Å². The maximum atomic E-state index is 8.56. The number of rotatable bonds is 11. The van der Waals surface area contributed by atoms with Gasteiger partial charge in [0.05, 0.1) is 36.0 Å². The summed E-state index contributed by atoms with van der Waals surface area (Å²) in [6.07, 6.45) is -0.278. The molecule has 9 aromatic carbocycles. The predicted octanol–water partition coefficient (Wildman–Crippen LogP) is 9.67. The van der Waals surface area contributed by atoms with Crippen molar-refractivity contribution >= 4 is 71.5 Å². The minimum Gasteiger partial charge on any atom is -0.393 e. The average Bonchev–Trinajstić information content (AvgIpc) is 3.35. The molecule has 2 N–H and O–H groups in total. The van der Waals surface area contributed by atoms with Gasteiger partial charge in [0.15, 0.2) is 0 Å². The molecule has 0 bridgehead atoms. The first-order valence-corrected chi connectivity index (χ1v) is 26.4. The van der Waals surface area contributed by atoms with E-state index in [-0.39, 0.29) is 31.7 Å². The molecule has 0 aromatic heterocycles. The number of hydrogen-bond acceptors (Lipinski definition) is 2. The average molecular weight is 995 g/mol. The van der Waals surface area contributed by atoms with Crippen LogP contribution in [0.2, 0.25) is 0 Å². The topological polar surface area (TPSA) is 40.5 Å². The Morgan fingerprint density at radius 2 is 0.354 bits per heavy atom. The van der Waals surface area contributed by atoms with Gasteiger partial charge >= 0.3 is 0 Å². The van der Waals surface area contributed by atoms with Crippen LogP contribution >= 0.6 is 23.8 Å². The van der Waals surface area contributed by atoms with Crippen LogP contribution in [-0.4, -0.2) is 22.4 Å². The first-order chi connectivity index (χ1) is 31.5. The van der Waals surface area contributed by atoms with Crippen molar-refractivity contribution < 1.29 is 29.7 Å². The molecule has 0 saturated carbocycles. The number of hydrogen-bond donors (Lipinski definition) is 2. The molecule has 0 radical (unpaired) electrons. The second-order valence-corrected chi connectivity index (χ2v) is 22.8. The molecule has 0 amide bonds. The van der Waals surface area contributed by atoms with Gasteiger partial charge in [-0.05, 0) is 129 Å². The SMILES string of the molecule is CC(O)CC(C)O.[Ru].c1ccc([PH+](c2ccccc2)c2ccccc2)cc1.c1ccc([PH+](c2ccccc2)c2ccccc2)cc1.c1ccc([PH+](c2ccccc2)c2ccccc2)cc1. The fourth-order valence-electron chi connectivity index (χ4n) is 7.44. The van der Waals surface area contributed by atoms with E-state index >= 15 is 0 Å². The Morgan fingerprint density at radius 1 is 0.246 bits per heavy atom. The molecule has 2 atom stereocenters. The molecule has 6 heteroatoms. The van der Waals surface area contributed by atoms with Gasteiger partial charge in [-0.15, -0.1) is 0 Å². The third-order valence-electron chi connectivity index (χ3n) is 10.2. The van der Waals surface area contributed by atoms with Gasteiger partial charge in [0.25, 0.3) is 0 Å². The number of aliphatic hydroxyl groups excluding tert-OH is 2. The van der Waals surface area contributed by atoms with Crippen LogP contribution in [0.4, 0.5) is 0 Å². The molecular weight excluding hydrogens is 935 g/mol. The molecular formula is C59H60O2P3Ru+3. The Hall–Kier alpha value is -5.19. The van der Waals surface area contributed by atoms with Crippen LogP contribution in [-0.2, 0) is 19.5 Å². The second kappa shape index (κ2) is 28.7. The summed E-state index contributed by atoms with van der Waals surface area (Å²) < 4.78 is 0. The molecule has 0 aliphatic heterocycles. The molecule has 0 spiro atoms. The molecule has 0 saturated heterocycles. The van der Waals surface area contributed by atoms with Crippen LogP contribution in [0.1, 0.15) is 20.3 Å². The van der Waals surface area contributed by atoms with Crippen LogP contribution in [0, 0.1) is 0 Å². The molecule has 9 aromatic rings. The summed E-state index contributed by atoms with van der Waals surface area (Å²) in [6, 6.07) is 97.5. The largest absolute Gasteiger partial charge is 0.393 e. The van der Waals surface area contributed by atoms with Crippen molar-refractivity contribution in [2.45, 2.75) is 32.5 Å². The van der Waals surface area contributed by atoms with Crippen molar-refractivity contribution in [3.05, 3.63) is 273 Å². The minimum atomic E-state index is -0.877. The first-order valence-electron chi connectivity index (χ1n) is 21.9. The van der Waals surface area contributed by atoms with Crippen molar-refractivity contribution in [3.8, 4) is 0 Å². The van der Waals surface area contributed by atoms with Crippen molar-refractivity contribution in [2.75, 3.05) is 0 Å². The van der Waals surface area contributed by atoms with Crippen molar-refractivity contribution in [2.24, 2.45) is 0 Å². The smallest absolute Gasteiger partial charge is 0.102 e. The number of benzene rings is 9. The third kappa shape index (κ3) is 16.6. The standard InChI is InChI=1S/3C18H15P.C5H12O2.Ru/c3*1-4-10-16(11-5-1)19(17-12-6-2-7-13-17)18-14-8-3-9-15-18;1-4(6)3-5(2)7;/h3*1-15H;4-7H,3H2,1-2H3;/p+3. The Morgan fingerprint density at radius 3 is 0.431 bits per heavy atom. The Bertz CT molecular complexity index is 1990. The molecule has 9 rings (SSSR count). The summed E-state index contributed by atoms with van der Waals surface area (Å²) in [5.41, 5.74) is 0. The molecule has 2 nitrogen and oxygen atoms in total. The summed E-state index contributed by atoms with van der Waals surface area (Å²) in [5.74, 6) is 0. The van der Waals surface area contributed by atoms with Gasteiger partial charge in [0, 0.05) is 19.5 Å². The van der Waals surface area contributed by atoms with Crippen molar-refractivity contribution in [1.82, 2.24) is 0 Å². The van der Waals surface area contributed by atoms with Crippen LogP contribution in [0.25, 0.3) is 0 Å². The zero-order valence-corrected chi connectivity index (χ0v) is 41.8. The summed E-state index contributed by atoms with van der Waals surface area (Å²) in [5, 5.41) is 30.0. The van der Waals surface area contributed by atoms with Crippen LogP contribution in [0.3, 0.4) is 0 Å². The zero-order chi connectivity index (χ0) is 44.6.